The van der Waals surface area contributed by atoms with Crippen LogP contribution in [-0.2, 0) is 0 Å². The highest BCUT2D eigenvalue weighted by Crippen LogP contribution is 2.32. The monoisotopic (exact) mass is 581 g/mol. The fourth-order valence-corrected chi connectivity index (χ4v) is 5.81. The number of allylic oxidation sites excluding steroid dienone is 1. The molecule has 0 bridgehead atoms. The van der Waals surface area contributed by atoms with Gasteiger partial charge in [0.05, 0.1) is 11.4 Å². The molecule has 1 unspecified atom stereocenters. The minimum Gasteiger partial charge on any atom is -0.252 e. The second-order valence-electron chi connectivity index (χ2n) is 11.5. The Morgan fingerprint density at radius 2 is 0.867 bits per heavy atom. The topological polar surface area (TPSA) is 12.4 Å². The van der Waals surface area contributed by atoms with Crippen LogP contribution in [0.2, 0.25) is 0 Å². The summed E-state index contributed by atoms with van der Waals surface area (Å²) in [4.78, 5) is 5.25. The van der Waals surface area contributed by atoms with Gasteiger partial charge in [-0.25, -0.2) is 0 Å². The standard InChI is InChI=1S/C44H39N/c1-4-32(3)44(34-18-10-7-11-19-34)45-43(5-2)42-27-15-26-41(31-42)40-25-14-24-39(30-40)38-23-13-22-37(29-38)36-21-12-20-35(28-36)33-16-8-6-9-17-33/h5-32H,4H2,1-3H3/b43-5+,45-44?. The summed E-state index contributed by atoms with van der Waals surface area (Å²) < 4.78 is 0. The van der Waals surface area contributed by atoms with Crippen LogP contribution < -0.4 is 0 Å². The summed E-state index contributed by atoms with van der Waals surface area (Å²) in [5, 5.41) is 0. The zero-order valence-electron chi connectivity index (χ0n) is 26.3. The fraction of sp³-hybridized carbons (Fsp3) is 0.114. The first-order chi connectivity index (χ1) is 22.1. The number of aliphatic imine (C=N–C) groups is 1. The number of benzene rings is 6. The molecule has 0 aromatic heterocycles. The molecular weight excluding hydrogens is 542 g/mol. The van der Waals surface area contributed by atoms with Gasteiger partial charge >= 0.3 is 0 Å². The molecule has 1 atom stereocenters. The van der Waals surface area contributed by atoms with E-state index in [1.807, 2.05) is 0 Å². The van der Waals surface area contributed by atoms with Crippen molar-refractivity contribution in [2.75, 3.05) is 0 Å². The first-order valence-electron chi connectivity index (χ1n) is 15.9. The van der Waals surface area contributed by atoms with Crippen molar-refractivity contribution in [2.24, 2.45) is 10.9 Å². The second-order valence-corrected chi connectivity index (χ2v) is 11.5. The predicted octanol–water partition coefficient (Wildman–Crippen LogP) is 12.3. The fourth-order valence-electron chi connectivity index (χ4n) is 5.81. The lowest BCUT2D eigenvalue weighted by Gasteiger charge is -2.15. The van der Waals surface area contributed by atoms with Crippen LogP contribution >= 0.6 is 0 Å². The number of hydrogen-bond donors (Lipinski definition) is 0. The Morgan fingerprint density at radius 1 is 0.489 bits per heavy atom. The normalized spacial score (nSPS) is 12.6. The van der Waals surface area contributed by atoms with Crippen molar-refractivity contribution < 1.29 is 0 Å². The average Bonchev–Trinajstić information content (AvgIpc) is 3.13. The van der Waals surface area contributed by atoms with Crippen molar-refractivity contribution in [1.82, 2.24) is 0 Å². The maximum Gasteiger partial charge on any atom is 0.0663 e. The molecular formula is C44H39N. The van der Waals surface area contributed by atoms with Crippen LogP contribution in [0.3, 0.4) is 0 Å². The van der Waals surface area contributed by atoms with Crippen molar-refractivity contribution in [3.05, 3.63) is 175 Å². The summed E-state index contributed by atoms with van der Waals surface area (Å²) in [6, 6.07) is 56.4. The highest BCUT2D eigenvalue weighted by atomic mass is 14.8. The molecule has 0 aliphatic carbocycles. The Hall–Kier alpha value is -5.27. The van der Waals surface area contributed by atoms with Gasteiger partial charge in [-0.15, -0.1) is 0 Å². The number of rotatable bonds is 9. The van der Waals surface area contributed by atoms with Crippen LogP contribution in [0.5, 0.6) is 0 Å². The van der Waals surface area contributed by atoms with Gasteiger partial charge in [0.25, 0.3) is 0 Å². The van der Waals surface area contributed by atoms with E-state index >= 15 is 0 Å². The van der Waals surface area contributed by atoms with E-state index in [-0.39, 0.29) is 0 Å². The zero-order chi connectivity index (χ0) is 31.0. The molecule has 0 radical (unpaired) electrons. The van der Waals surface area contributed by atoms with Crippen molar-refractivity contribution in [3.63, 3.8) is 0 Å². The number of nitrogens with zero attached hydrogens (tertiary/aromatic N) is 1. The molecule has 6 aromatic rings. The molecule has 1 heteroatoms. The molecule has 0 saturated heterocycles. The van der Waals surface area contributed by atoms with Gasteiger partial charge in [-0.3, -0.25) is 4.99 Å². The molecule has 0 spiro atoms. The first kappa shape index (κ1) is 29.8. The Morgan fingerprint density at radius 3 is 1.33 bits per heavy atom. The van der Waals surface area contributed by atoms with Crippen LogP contribution in [0.15, 0.2) is 169 Å². The summed E-state index contributed by atoms with van der Waals surface area (Å²) in [5.41, 5.74) is 14.1. The predicted molar refractivity (Wildman–Crippen MR) is 194 cm³/mol. The summed E-state index contributed by atoms with van der Waals surface area (Å²) in [6.45, 7) is 6.56. The molecule has 6 rings (SSSR count). The van der Waals surface area contributed by atoms with Gasteiger partial charge in [-0.2, -0.15) is 0 Å². The molecule has 6 aromatic carbocycles. The van der Waals surface area contributed by atoms with Gasteiger partial charge < -0.3 is 0 Å². The summed E-state index contributed by atoms with van der Waals surface area (Å²) in [5.74, 6) is 0.360. The lowest BCUT2D eigenvalue weighted by molar-refractivity contribution is 0.740. The molecule has 0 N–H and O–H groups in total. The molecule has 0 fully saturated rings. The van der Waals surface area contributed by atoms with E-state index in [1.165, 1.54) is 50.1 Å². The van der Waals surface area contributed by atoms with Crippen LogP contribution in [0, 0.1) is 5.92 Å². The van der Waals surface area contributed by atoms with E-state index in [4.69, 9.17) is 4.99 Å². The highest BCUT2D eigenvalue weighted by molar-refractivity contribution is 6.04. The minimum absolute atomic E-state index is 0.360. The summed E-state index contributed by atoms with van der Waals surface area (Å²) >= 11 is 0. The maximum absolute atomic E-state index is 5.25. The minimum atomic E-state index is 0.360. The highest BCUT2D eigenvalue weighted by Gasteiger charge is 2.13. The van der Waals surface area contributed by atoms with Crippen molar-refractivity contribution in [3.8, 4) is 44.5 Å². The van der Waals surface area contributed by atoms with Gasteiger partial charge in [0.15, 0.2) is 0 Å². The van der Waals surface area contributed by atoms with Gasteiger partial charge in [0, 0.05) is 5.56 Å². The van der Waals surface area contributed by atoms with Gasteiger partial charge in [-0.05, 0) is 93.6 Å². The van der Waals surface area contributed by atoms with Crippen LogP contribution in [0.4, 0.5) is 0 Å². The first-order valence-corrected chi connectivity index (χ1v) is 15.9. The van der Waals surface area contributed by atoms with E-state index in [0.29, 0.717) is 5.92 Å². The third-order valence-corrected chi connectivity index (χ3v) is 8.52. The molecule has 1 nitrogen and oxygen atoms in total. The number of hydrogen-bond acceptors (Lipinski definition) is 1. The SMILES string of the molecule is C/C=C(/N=C(c1ccccc1)C(C)CC)c1cccc(-c2cccc(-c3cccc(-c4cccc(-c5ccccc5)c4)c3)c2)c1. The van der Waals surface area contributed by atoms with Crippen molar-refractivity contribution >= 4 is 11.4 Å². The van der Waals surface area contributed by atoms with Gasteiger partial charge in [-0.1, -0.05) is 153 Å². The summed E-state index contributed by atoms with van der Waals surface area (Å²) in [6.07, 6.45) is 3.16. The van der Waals surface area contributed by atoms with Crippen LogP contribution in [-0.4, -0.2) is 5.71 Å². The molecule has 45 heavy (non-hydrogen) atoms. The molecule has 0 amide bonds. The van der Waals surface area contributed by atoms with E-state index in [1.54, 1.807) is 0 Å². The van der Waals surface area contributed by atoms with Crippen molar-refractivity contribution in [2.45, 2.75) is 27.2 Å². The largest absolute Gasteiger partial charge is 0.252 e. The van der Waals surface area contributed by atoms with E-state index < -0.39 is 0 Å². The van der Waals surface area contributed by atoms with E-state index in [0.717, 1.165) is 23.4 Å². The third kappa shape index (κ3) is 6.95. The Bertz CT molecular complexity index is 1950. The molecule has 220 valence electrons. The van der Waals surface area contributed by atoms with E-state index in [2.05, 4.69) is 185 Å². The maximum atomic E-state index is 5.25. The molecule has 0 aliphatic heterocycles. The molecule has 0 aliphatic rings. The molecule has 0 heterocycles. The molecule has 0 saturated carbocycles. The Labute approximate surface area is 268 Å². The second kappa shape index (κ2) is 14.0. The Kier molecular flexibility index (Phi) is 9.27. The van der Waals surface area contributed by atoms with Gasteiger partial charge in [0.1, 0.15) is 0 Å². The van der Waals surface area contributed by atoms with Crippen LogP contribution in [0.1, 0.15) is 38.3 Å². The van der Waals surface area contributed by atoms with Crippen LogP contribution in [0.25, 0.3) is 50.2 Å². The lowest BCUT2D eigenvalue weighted by Crippen LogP contribution is -2.12. The summed E-state index contributed by atoms with van der Waals surface area (Å²) in [7, 11) is 0. The van der Waals surface area contributed by atoms with Gasteiger partial charge in [0.2, 0.25) is 0 Å². The van der Waals surface area contributed by atoms with E-state index in [9.17, 15) is 0 Å². The van der Waals surface area contributed by atoms with Crippen molar-refractivity contribution in [1.29, 1.82) is 0 Å². The lowest BCUT2D eigenvalue weighted by atomic mass is 9.94. The Balaban J connectivity index is 1.31. The third-order valence-electron chi connectivity index (χ3n) is 8.52. The average molecular weight is 582 g/mol. The smallest absolute Gasteiger partial charge is 0.0663 e. The quantitative estimate of drug-likeness (QED) is 0.151. The zero-order valence-corrected chi connectivity index (χ0v) is 26.3.